The number of aliphatic carboxylic acids is 1. The number of methoxy groups -OCH3 is 1. The summed E-state index contributed by atoms with van der Waals surface area (Å²) in [7, 11) is 1.40. The van der Waals surface area contributed by atoms with Gasteiger partial charge in [0.15, 0.2) is 5.78 Å². The SMILES string of the molecule is CCC1CCC(CC(=O)c2ccc(C(F)(F)F)c(-c3ccc(OC)c(Cl)c3)c2)(C(=O)O)CC1. The standard InChI is InChI=1S/C25H26ClF3O4/c1-3-15-8-10-24(11-9-15,23(31)32)14-21(30)17-4-6-19(25(27,28)29)18(12-17)16-5-7-22(33-2)20(26)13-16/h4-7,12-13,15H,3,8-11,14H2,1-2H3,(H,31,32). The van der Waals surface area contributed by atoms with E-state index in [0.717, 1.165) is 31.4 Å². The minimum absolute atomic E-state index is 0.0446. The molecular weight excluding hydrogens is 457 g/mol. The second kappa shape index (κ2) is 9.75. The number of carbonyl (C=O) groups excluding carboxylic acids is 1. The fourth-order valence-corrected chi connectivity index (χ4v) is 4.81. The zero-order valence-corrected chi connectivity index (χ0v) is 19.2. The van der Waals surface area contributed by atoms with Gasteiger partial charge in [-0.3, -0.25) is 9.59 Å². The van der Waals surface area contributed by atoms with Crippen LogP contribution in [0.1, 0.15) is 61.4 Å². The highest BCUT2D eigenvalue weighted by molar-refractivity contribution is 6.32. The molecule has 178 valence electrons. The Bertz CT molecular complexity index is 1040. The zero-order chi connectivity index (χ0) is 24.4. The Labute approximate surface area is 195 Å². The number of carbonyl (C=O) groups is 2. The maximum Gasteiger partial charge on any atom is 0.417 e. The zero-order valence-electron chi connectivity index (χ0n) is 18.5. The first kappa shape index (κ1) is 25.1. The molecule has 2 aromatic rings. The van der Waals surface area contributed by atoms with Crippen molar-refractivity contribution in [3.63, 3.8) is 0 Å². The van der Waals surface area contributed by atoms with Crippen LogP contribution in [0.15, 0.2) is 36.4 Å². The van der Waals surface area contributed by atoms with Crippen molar-refractivity contribution in [2.75, 3.05) is 7.11 Å². The van der Waals surface area contributed by atoms with Gasteiger partial charge in [0, 0.05) is 12.0 Å². The molecule has 2 aromatic carbocycles. The van der Waals surface area contributed by atoms with E-state index in [2.05, 4.69) is 6.92 Å². The van der Waals surface area contributed by atoms with Crippen molar-refractivity contribution >= 4 is 23.4 Å². The molecular formula is C25H26ClF3O4. The van der Waals surface area contributed by atoms with Crippen molar-refractivity contribution in [3.8, 4) is 16.9 Å². The van der Waals surface area contributed by atoms with E-state index in [1.807, 2.05) is 0 Å². The van der Waals surface area contributed by atoms with Gasteiger partial charge < -0.3 is 9.84 Å². The predicted octanol–water partition coefficient (Wildman–Crippen LogP) is 7.28. The van der Waals surface area contributed by atoms with E-state index in [-0.39, 0.29) is 28.1 Å². The molecule has 0 heterocycles. The molecule has 0 aliphatic heterocycles. The Kier molecular flexibility index (Phi) is 7.42. The number of benzene rings is 2. The number of hydrogen-bond donors (Lipinski definition) is 1. The molecule has 3 rings (SSSR count). The van der Waals surface area contributed by atoms with E-state index < -0.39 is 28.9 Å². The first-order valence-corrected chi connectivity index (χ1v) is 11.2. The van der Waals surface area contributed by atoms with Gasteiger partial charge >= 0.3 is 12.1 Å². The van der Waals surface area contributed by atoms with Crippen LogP contribution in [0.5, 0.6) is 5.75 Å². The number of hydrogen-bond acceptors (Lipinski definition) is 3. The number of Topliss-reactive ketones (excluding diaryl/α,β-unsaturated/α-hetero) is 1. The van der Waals surface area contributed by atoms with E-state index in [1.165, 1.54) is 31.4 Å². The second-order valence-corrected chi connectivity index (χ2v) is 9.05. The Morgan fingerprint density at radius 2 is 1.82 bits per heavy atom. The number of carboxylic acid groups (broad SMARTS) is 1. The maximum absolute atomic E-state index is 13.7. The summed E-state index contributed by atoms with van der Waals surface area (Å²) < 4.78 is 46.2. The summed E-state index contributed by atoms with van der Waals surface area (Å²) in [5.41, 5.74) is -2.06. The predicted molar refractivity (Wildman–Crippen MR) is 120 cm³/mol. The highest BCUT2D eigenvalue weighted by Crippen LogP contribution is 2.44. The minimum atomic E-state index is -4.65. The summed E-state index contributed by atoms with van der Waals surface area (Å²) in [5, 5.41) is 10.0. The van der Waals surface area contributed by atoms with Crippen molar-refractivity contribution in [1.82, 2.24) is 0 Å². The number of ether oxygens (including phenoxy) is 1. The van der Waals surface area contributed by atoms with Gasteiger partial charge in [-0.15, -0.1) is 0 Å². The molecule has 0 aromatic heterocycles. The Balaban J connectivity index is 1.98. The molecule has 1 fully saturated rings. The summed E-state index contributed by atoms with van der Waals surface area (Å²) in [6, 6.07) is 7.40. The molecule has 0 unspecified atom stereocenters. The van der Waals surface area contributed by atoms with E-state index in [0.29, 0.717) is 24.5 Å². The molecule has 8 heteroatoms. The summed E-state index contributed by atoms with van der Waals surface area (Å²) in [6.07, 6.45) is -1.73. The lowest BCUT2D eigenvalue weighted by atomic mass is 9.67. The van der Waals surface area contributed by atoms with Crippen LogP contribution in [0.25, 0.3) is 11.1 Å². The highest BCUT2D eigenvalue weighted by Gasteiger charge is 2.43. The molecule has 0 atom stereocenters. The van der Waals surface area contributed by atoms with Gasteiger partial charge in [-0.2, -0.15) is 13.2 Å². The third-order valence-electron chi connectivity index (χ3n) is 6.70. The number of halogens is 4. The third kappa shape index (κ3) is 5.35. The quantitative estimate of drug-likeness (QED) is 0.421. The van der Waals surface area contributed by atoms with E-state index in [4.69, 9.17) is 16.3 Å². The molecule has 1 aliphatic carbocycles. The van der Waals surface area contributed by atoms with Crippen molar-refractivity contribution in [3.05, 3.63) is 52.5 Å². The van der Waals surface area contributed by atoms with Gasteiger partial charge in [0.25, 0.3) is 0 Å². The summed E-state index contributed by atoms with van der Waals surface area (Å²) in [5.74, 6) is -0.765. The second-order valence-electron chi connectivity index (χ2n) is 8.64. The molecule has 0 spiro atoms. The normalized spacial score (nSPS) is 21.0. The number of alkyl halides is 3. The first-order valence-electron chi connectivity index (χ1n) is 10.8. The molecule has 1 saturated carbocycles. The van der Waals surface area contributed by atoms with Crippen molar-refractivity contribution in [2.45, 2.75) is 51.6 Å². The topological polar surface area (TPSA) is 63.6 Å². The lowest BCUT2D eigenvalue weighted by Gasteiger charge is -2.36. The molecule has 4 nitrogen and oxygen atoms in total. The van der Waals surface area contributed by atoms with Gasteiger partial charge in [-0.25, -0.2) is 0 Å². The van der Waals surface area contributed by atoms with Crippen molar-refractivity contribution in [2.24, 2.45) is 11.3 Å². The van der Waals surface area contributed by atoms with Crippen LogP contribution in [0.4, 0.5) is 13.2 Å². The van der Waals surface area contributed by atoms with E-state index in [9.17, 15) is 27.9 Å². The lowest BCUT2D eigenvalue weighted by molar-refractivity contribution is -0.151. The number of carboxylic acids is 1. The molecule has 0 radical (unpaired) electrons. The largest absolute Gasteiger partial charge is 0.495 e. The maximum atomic E-state index is 13.7. The third-order valence-corrected chi connectivity index (χ3v) is 7.00. The Morgan fingerprint density at radius 1 is 1.15 bits per heavy atom. The average Bonchev–Trinajstić information content (AvgIpc) is 2.78. The van der Waals surface area contributed by atoms with E-state index >= 15 is 0 Å². The van der Waals surface area contributed by atoms with Crippen LogP contribution in [-0.2, 0) is 11.0 Å². The van der Waals surface area contributed by atoms with E-state index in [1.54, 1.807) is 0 Å². The summed E-state index contributed by atoms with van der Waals surface area (Å²) in [6.45, 7) is 2.05. The molecule has 0 bridgehead atoms. The lowest BCUT2D eigenvalue weighted by Crippen LogP contribution is -2.37. The van der Waals surface area contributed by atoms with Gasteiger partial charge in [-0.05, 0) is 67.0 Å². The number of rotatable bonds is 7. The van der Waals surface area contributed by atoms with Crippen LogP contribution in [-0.4, -0.2) is 24.0 Å². The van der Waals surface area contributed by atoms with Crippen LogP contribution < -0.4 is 4.74 Å². The highest BCUT2D eigenvalue weighted by atomic mass is 35.5. The van der Waals surface area contributed by atoms with Gasteiger partial charge in [0.2, 0.25) is 0 Å². The minimum Gasteiger partial charge on any atom is -0.495 e. The molecule has 33 heavy (non-hydrogen) atoms. The summed E-state index contributed by atoms with van der Waals surface area (Å²) >= 11 is 6.12. The van der Waals surface area contributed by atoms with Gasteiger partial charge in [-0.1, -0.05) is 37.1 Å². The van der Waals surface area contributed by atoms with Crippen molar-refractivity contribution in [1.29, 1.82) is 0 Å². The average molecular weight is 483 g/mol. The first-order chi connectivity index (χ1) is 15.5. The van der Waals surface area contributed by atoms with Crippen LogP contribution in [0.2, 0.25) is 5.02 Å². The monoisotopic (exact) mass is 482 g/mol. The van der Waals surface area contributed by atoms with Gasteiger partial charge in [0.05, 0.1) is 23.1 Å². The van der Waals surface area contributed by atoms with Crippen LogP contribution >= 0.6 is 11.6 Å². The van der Waals surface area contributed by atoms with Crippen LogP contribution in [0, 0.1) is 11.3 Å². The Hall–Kier alpha value is -2.54. The molecule has 0 amide bonds. The molecule has 1 N–H and O–H groups in total. The number of ketones is 1. The fraction of sp³-hybridized carbons (Fsp3) is 0.440. The van der Waals surface area contributed by atoms with Crippen LogP contribution in [0.3, 0.4) is 0 Å². The van der Waals surface area contributed by atoms with Gasteiger partial charge in [0.1, 0.15) is 5.75 Å². The summed E-state index contributed by atoms with van der Waals surface area (Å²) in [4.78, 5) is 25.2. The smallest absolute Gasteiger partial charge is 0.417 e. The fourth-order valence-electron chi connectivity index (χ4n) is 4.55. The molecule has 1 aliphatic rings. The Morgan fingerprint density at radius 3 is 2.33 bits per heavy atom. The van der Waals surface area contributed by atoms with Crippen molar-refractivity contribution < 1.29 is 32.6 Å². The molecule has 0 saturated heterocycles.